The van der Waals surface area contributed by atoms with Gasteiger partial charge in [0.2, 0.25) is 22.7 Å². The fraction of sp³-hybridized carbons (Fsp3) is 0.208. The van der Waals surface area contributed by atoms with Gasteiger partial charge >= 0.3 is 0 Å². The summed E-state index contributed by atoms with van der Waals surface area (Å²) in [5, 5.41) is 3.25. The predicted octanol–water partition coefficient (Wildman–Crippen LogP) is 5.05. The van der Waals surface area contributed by atoms with E-state index >= 15 is 0 Å². The molecule has 1 aliphatic heterocycles. The van der Waals surface area contributed by atoms with Crippen molar-refractivity contribution < 1.29 is 27.4 Å². The van der Waals surface area contributed by atoms with E-state index in [0.29, 0.717) is 45.8 Å². The van der Waals surface area contributed by atoms with Crippen LogP contribution in [0.2, 0.25) is 5.02 Å². The lowest BCUT2D eigenvalue weighted by Crippen LogP contribution is -2.31. The Labute approximate surface area is 203 Å². The van der Waals surface area contributed by atoms with Crippen molar-refractivity contribution in [3.63, 3.8) is 0 Å². The van der Waals surface area contributed by atoms with Crippen molar-refractivity contribution in [1.82, 2.24) is 0 Å². The Kier molecular flexibility index (Phi) is 7.14. The third-order valence-corrected chi connectivity index (χ3v) is 6.43. The topological polar surface area (TPSA) is 94.2 Å². The molecule has 0 aliphatic carbocycles. The van der Waals surface area contributed by atoms with Crippen LogP contribution in [-0.2, 0) is 14.8 Å². The zero-order valence-electron chi connectivity index (χ0n) is 18.4. The van der Waals surface area contributed by atoms with Gasteiger partial charge in [0.1, 0.15) is 5.75 Å². The maximum absolute atomic E-state index is 12.6. The van der Waals surface area contributed by atoms with Gasteiger partial charge in [-0.3, -0.25) is 9.10 Å². The molecule has 0 atom stereocenters. The number of benzene rings is 3. The van der Waals surface area contributed by atoms with Crippen LogP contribution in [-0.4, -0.2) is 33.9 Å². The third-order valence-electron chi connectivity index (χ3n) is 5.00. The Morgan fingerprint density at radius 3 is 2.59 bits per heavy atom. The van der Waals surface area contributed by atoms with Crippen LogP contribution in [0.3, 0.4) is 0 Å². The van der Waals surface area contributed by atoms with Crippen molar-refractivity contribution in [3.05, 3.63) is 71.8 Å². The number of sulfonamides is 1. The van der Waals surface area contributed by atoms with Crippen LogP contribution in [0.4, 0.5) is 11.4 Å². The molecule has 0 saturated heterocycles. The average molecular weight is 503 g/mol. The van der Waals surface area contributed by atoms with Crippen molar-refractivity contribution in [1.29, 1.82) is 0 Å². The second-order valence-corrected chi connectivity index (χ2v) is 9.92. The number of rotatable bonds is 9. The van der Waals surface area contributed by atoms with Gasteiger partial charge in [0.15, 0.2) is 17.2 Å². The first-order valence-corrected chi connectivity index (χ1v) is 12.7. The molecule has 1 aliphatic rings. The van der Waals surface area contributed by atoms with E-state index in [9.17, 15) is 13.2 Å². The molecule has 0 spiro atoms. The number of nitrogens with one attached hydrogen (secondary N) is 1. The number of carbonyl (C=O) groups excluding carboxylic acids is 1. The summed E-state index contributed by atoms with van der Waals surface area (Å²) in [6.45, 7) is 0.214. The molecule has 178 valence electrons. The SMILES string of the molecule is CS(=O)(=O)N(CCCC(=O)Nc1cc(Cl)ccc1Oc1ccccc1)c1ccc2c(c1)OCO2. The first-order valence-electron chi connectivity index (χ1n) is 10.5. The highest BCUT2D eigenvalue weighted by molar-refractivity contribution is 7.92. The number of anilines is 2. The van der Waals surface area contributed by atoms with E-state index in [2.05, 4.69) is 5.32 Å². The van der Waals surface area contributed by atoms with Gasteiger partial charge in [-0.05, 0) is 48.9 Å². The van der Waals surface area contributed by atoms with E-state index in [1.165, 1.54) is 4.31 Å². The van der Waals surface area contributed by atoms with Gasteiger partial charge in [-0.15, -0.1) is 0 Å². The first kappa shape index (κ1) is 23.7. The number of halogens is 1. The summed E-state index contributed by atoms with van der Waals surface area (Å²) >= 11 is 6.11. The van der Waals surface area contributed by atoms with Gasteiger partial charge in [0.05, 0.1) is 17.6 Å². The van der Waals surface area contributed by atoms with Crippen molar-refractivity contribution in [2.75, 3.05) is 29.2 Å². The van der Waals surface area contributed by atoms with Gasteiger partial charge in [-0.1, -0.05) is 29.8 Å². The van der Waals surface area contributed by atoms with Crippen LogP contribution in [0.15, 0.2) is 66.7 Å². The molecule has 34 heavy (non-hydrogen) atoms. The molecule has 0 fully saturated rings. The molecule has 1 N–H and O–H groups in total. The highest BCUT2D eigenvalue weighted by Crippen LogP contribution is 2.36. The van der Waals surface area contributed by atoms with Gasteiger partial charge in [-0.2, -0.15) is 0 Å². The molecule has 8 nitrogen and oxygen atoms in total. The van der Waals surface area contributed by atoms with Crippen molar-refractivity contribution in [2.45, 2.75) is 12.8 Å². The van der Waals surface area contributed by atoms with E-state index in [-0.39, 0.29) is 25.7 Å². The summed E-state index contributed by atoms with van der Waals surface area (Å²) in [5.41, 5.74) is 0.873. The molecule has 0 saturated carbocycles. The molecule has 3 aromatic rings. The Balaban J connectivity index is 1.40. The maximum Gasteiger partial charge on any atom is 0.232 e. The van der Waals surface area contributed by atoms with Gasteiger partial charge in [-0.25, -0.2) is 8.42 Å². The van der Waals surface area contributed by atoms with Crippen LogP contribution < -0.4 is 23.8 Å². The summed E-state index contributed by atoms with van der Waals surface area (Å²) in [6, 6.07) is 19.0. The second-order valence-electron chi connectivity index (χ2n) is 7.58. The summed E-state index contributed by atoms with van der Waals surface area (Å²) in [5.74, 6) is 1.82. The van der Waals surface area contributed by atoms with Crippen LogP contribution in [0.5, 0.6) is 23.0 Å². The minimum absolute atomic E-state index is 0.0911. The number of amides is 1. The van der Waals surface area contributed by atoms with Crippen molar-refractivity contribution in [2.24, 2.45) is 0 Å². The lowest BCUT2D eigenvalue weighted by molar-refractivity contribution is -0.116. The van der Waals surface area contributed by atoms with E-state index in [4.69, 9.17) is 25.8 Å². The Morgan fingerprint density at radius 2 is 1.82 bits per heavy atom. The fourth-order valence-corrected chi connectivity index (χ4v) is 4.56. The maximum atomic E-state index is 12.6. The molecule has 10 heteroatoms. The second kappa shape index (κ2) is 10.2. The number of carbonyl (C=O) groups is 1. The Morgan fingerprint density at radius 1 is 1.06 bits per heavy atom. The van der Waals surface area contributed by atoms with E-state index in [0.717, 1.165) is 6.26 Å². The minimum Gasteiger partial charge on any atom is -0.455 e. The summed E-state index contributed by atoms with van der Waals surface area (Å²) in [7, 11) is -3.57. The smallest absolute Gasteiger partial charge is 0.232 e. The standard InChI is InChI=1S/C24H23ClN2O6S/c1-34(29,30)27(18-10-12-22-23(15-18)32-16-31-22)13-5-8-24(28)26-20-14-17(25)9-11-21(20)33-19-6-3-2-4-7-19/h2-4,6-7,9-12,14-15H,5,8,13,16H2,1H3,(H,26,28). The number of ether oxygens (including phenoxy) is 3. The lowest BCUT2D eigenvalue weighted by atomic mass is 10.2. The van der Waals surface area contributed by atoms with Gasteiger partial charge < -0.3 is 19.5 Å². The molecule has 0 radical (unpaired) electrons. The molecular weight excluding hydrogens is 480 g/mol. The number of hydrogen-bond donors (Lipinski definition) is 1. The molecule has 4 rings (SSSR count). The van der Waals surface area contributed by atoms with E-state index < -0.39 is 10.0 Å². The van der Waals surface area contributed by atoms with Crippen LogP contribution >= 0.6 is 11.6 Å². The molecule has 0 bridgehead atoms. The highest BCUT2D eigenvalue weighted by atomic mass is 35.5. The number of hydrogen-bond acceptors (Lipinski definition) is 6. The van der Waals surface area contributed by atoms with Crippen LogP contribution in [0.25, 0.3) is 0 Å². The van der Waals surface area contributed by atoms with Crippen molar-refractivity contribution in [3.8, 4) is 23.0 Å². The lowest BCUT2D eigenvalue weighted by Gasteiger charge is -2.22. The number of nitrogens with zero attached hydrogens (tertiary/aromatic N) is 1. The average Bonchev–Trinajstić information content (AvgIpc) is 3.26. The number of fused-ring (bicyclic) bond motifs is 1. The fourth-order valence-electron chi connectivity index (χ4n) is 3.43. The normalized spacial score (nSPS) is 12.3. The van der Waals surface area contributed by atoms with Gasteiger partial charge in [0.25, 0.3) is 0 Å². The molecule has 1 amide bonds. The Bertz CT molecular complexity index is 1280. The first-order chi connectivity index (χ1) is 16.3. The highest BCUT2D eigenvalue weighted by Gasteiger charge is 2.21. The molecule has 0 aromatic heterocycles. The minimum atomic E-state index is -3.57. The van der Waals surface area contributed by atoms with E-state index in [1.807, 2.05) is 18.2 Å². The third kappa shape index (κ3) is 5.92. The quantitative estimate of drug-likeness (QED) is 0.440. The predicted molar refractivity (Wildman–Crippen MR) is 131 cm³/mol. The zero-order chi connectivity index (χ0) is 24.1. The summed E-state index contributed by atoms with van der Waals surface area (Å²) in [4.78, 5) is 12.6. The van der Waals surface area contributed by atoms with Crippen molar-refractivity contribution >= 4 is 38.9 Å². The Hall–Kier alpha value is -3.43. The monoisotopic (exact) mass is 502 g/mol. The van der Waals surface area contributed by atoms with Gasteiger partial charge in [0, 0.05) is 24.1 Å². The molecule has 1 heterocycles. The number of para-hydroxylation sites is 1. The molecule has 0 unspecified atom stereocenters. The zero-order valence-corrected chi connectivity index (χ0v) is 19.9. The largest absolute Gasteiger partial charge is 0.455 e. The molecule has 3 aromatic carbocycles. The molecular formula is C24H23ClN2O6S. The summed E-state index contributed by atoms with van der Waals surface area (Å²) < 4.78 is 42.5. The van der Waals surface area contributed by atoms with E-state index in [1.54, 1.807) is 48.5 Å². The van der Waals surface area contributed by atoms with Crippen LogP contribution in [0.1, 0.15) is 12.8 Å². The summed E-state index contributed by atoms with van der Waals surface area (Å²) in [6.07, 6.45) is 1.51. The van der Waals surface area contributed by atoms with Crippen LogP contribution in [0, 0.1) is 0 Å².